The molecule has 4 rings (SSSR count). The van der Waals surface area contributed by atoms with Gasteiger partial charge >= 0.3 is 0 Å². The predicted molar refractivity (Wildman–Crippen MR) is 107 cm³/mol. The molecule has 0 atom stereocenters. The lowest BCUT2D eigenvalue weighted by Crippen LogP contribution is -2.41. The lowest BCUT2D eigenvalue weighted by atomic mass is 9.96. The highest BCUT2D eigenvalue weighted by Gasteiger charge is 2.28. The summed E-state index contributed by atoms with van der Waals surface area (Å²) < 4.78 is 1.80. The molecule has 0 bridgehead atoms. The second-order valence-electron chi connectivity index (χ2n) is 6.75. The van der Waals surface area contributed by atoms with Gasteiger partial charge in [-0.2, -0.15) is 5.10 Å². The molecule has 0 aliphatic carbocycles. The molecule has 27 heavy (non-hydrogen) atoms. The number of fused-ring (bicyclic) bond motifs is 1. The molecule has 1 aromatic carbocycles. The Hall–Kier alpha value is -2.38. The predicted octanol–water partition coefficient (Wildman–Crippen LogP) is 3.39. The quantitative estimate of drug-likeness (QED) is 0.729. The zero-order chi connectivity index (χ0) is 19.1. The third-order valence-electron chi connectivity index (χ3n) is 5.02. The molecule has 6 nitrogen and oxygen atoms in total. The molecule has 1 aliphatic heterocycles. The number of rotatable bonds is 3. The van der Waals surface area contributed by atoms with Crippen molar-refractivity contribution in [1.82, 2.24) is 14.7 Å². The van der Waals surface area contributed by atoms with E-state index in [1.807, 2.05) is 37.3 Å². The van der Waals surface area contributed by atoms with Gasteiger partial charge in [-0.05, 0) is 38.0 Å². The van der Waals surface area contributed by atoms with Crippen LogP contribution in [0.3, 0.4) is 0 Å². The number of thiophene rings is 1. The highest BCUT2D eigenvalue weighted by atomic mass is 35.5. The van der Waals surface area contributed by atoms with Crippen LogP contribution in [0, 0.1) is 12.8 Å². The number of primary amides is 1. The number of halogens is 1. The van der Waals surface area contributed by atoms with Crippen molar-refractivity contribution >= 4 is 45.0 Å². The van der Waals surface area contributed by atoms with Gasteiger partial charge in [0.15, 0.2) is 0 Å². The molecule has 3 heterocycles. The number of aryl methyl sites for hydroxylation is 1. The van der Waals surface area contributed by atoms with Gasteiger partial charge in [0.2, 0.25) is 5.91 Å². The molecule has 8 heteroatoms. The Balaban J connectivity index is 1.65. The van der Waals surface area contributed by atoms with Crippen molar-refractivity contribution in [3.05, 3.63) is 45.9 Å². The van der Waals surface area contributed by atoms with E-state index in [0.717, 1.165) is 21.6 Å². The van der Waals surface area contributed by atoms with E-state index < -0.39 is 0 Å². The number of nitrogens with zero attached hydrogens (tertiary/aromatic N) is 3. The van der Waals surface area contributed by atoms with Crippen molar-refractivity contribution < 1.29 is 9.59 Å². The Morgan fingerprint density at radius 3 is 2.63 bits per heavy atom. The van der Waals surface area contributed by atoms with Crippen LogP contribution in [0.25, 0.3) is 15.9 Å². The van der Waals surface area contributed by atoms with Crippen molar-refractivity contribution in [1.29, 1.82) is 0 Å². The summed E-state index contributed by atoms with van der Waals surface area (Å²) >= 11 is 7.75. The number of carbonyl (C=O) groups excluding carboxylic acids is 2. The Labute approximate surface area is 165 Å². The number of amides is 2. The molecule has 2 aromatic heterocycles. The SMILES string of the molecule is Cc1nn(-c2ccccc2Cl)c2sc(C(=O)N3CCC(C(N)=O)CC3)cc12. The van der Waals surface area contributed by atoms with Crippen molar-refractivity contribution in [2.45, 2.75) is 19.8 Å². The molecule has 3 aromatic rings. The number of para-hydroxylation sites is 1. The zero-order valence-electron chi connectivity index (χ0n) is 14.8. The fourth-order valence-electron chi connectivity index (χ4n) is 3.46. The number of piperidine rings is 1. The monoisotopic (exact) mass is 402 g/mol. The Bertz CT molecular complexity index is 1030. The molecule has 0 unspecified atom stereocenters. The van der Waals surface area contributed by atoms with Gasteiger partial charge in [-0.3, -0.25) is 9.59 Å². The second kappa shape index (κ2) is 6.98. The first-order valence-electron chi connectivity index (χ1n) is 8.78. The van der Waals surface area contributed by atoms with Crippen LogP contribution in [0.1, 0.15) is 28.2 Å². The first-order valence-corrected chi connectivity index (χ1v) is 9.98. The Morgan fingerprint density at radius 2 is 1.96 bits per heavy atom. The maximum Gasteiger partial charge on any atom is 0.264 e. The molecule has 140 valence electrons. The molecule has 0 spiro atoms. The molecule has 0 radical (unpaired) electrons. The fourth-order valence-corrected chi connectivity index (χ4v) is 4.82. The highest BCUT2D eigenvalue weighted by Crippen LogP contribution is 2.33. The average molecular weight is 403 g/mol. The van der Waals surface area contributed by atoms with Crippen molar-refractivity contribution in [2.75, 3.05) is 13.1 Å². The summed E-state index contributed by atoms with van der Waals surface area (Å²) in [5.41, 5.74) is 7.02. The molecular formula is C19H19ClN4O2S. The first kappa shape index (κ1) is 18.0. The Kier molecular flexibility index (Phi) is 4.65. The largest absolute Gasteiger partial charge is 0.369 e. The minimum Gasteiger partial charge on any atom is -0.369 e. The summed E-state index contributed by atoms with van der Waals surface area (Å²) in [6, 6.07) is 9.41. The maximum atomic E-state index is 12.9. The van der Waals surface area contributed by atoms with E-state index in [9.17, 15) is 9.59 Å². The second-order valence-corrected chi connectivity index (χ2v) is 8.18. The summed E-state index contributed by atoms with van der Waals surface area (Å²) in [7, 11) is 0. The zero-order valence-corrected chi connectivity index (χ0v) is 16.4. The molecular weight excluding hydrogens is 384 g/mol. The lowest BCUT2D eigenvalue weighted by Gasteiger charge is -2.30. The van der Waals surface area contributed by atoms with Gasteiger partial charge in [-0.25, -0.2) is 4.68 Å². The third kappa shape index (κ3) is 3.21. The summed E-state index contributed by atoms with van der Waals surface area (Å²) in [5.74, 6) is -0.420. The highest BCUT2D eigenvalue weighted by molar-refractivity contribution is 7.20. The minimum absolute atomic E-state index is 0.00997. The minimum atomic E-state index is -0.278. The lowest BCUT2D eigenvalue weighted by molar-refractivity contribution is -0.123. The summed E-state index contributed by atoms with van der Waals surface area (Å²) in [6.07, 6.45) is 1.25. The van der Waals surface area contributed by atoms with Crippen LogP contribution in [0.4, 0.5) is 0 Å². The van der Waals surface area contributed by atoms with Gasteiger partial charge in [-0.1, -0.05) is 23.7 Å². The normalized spacial score (nSPS) is 15.4. The Morgan fingerprint density at radius 1 is 1.26 bits per heavy atom. The summed E-state index contributed by atoms with van der Waals surface area (Å²) in [6.45, 7) is 3.03. The summed E-state index contributed by atoms with van der Waals surface area (Å²) in [5, 5.41) is 6.15. The van der Waals surface area contributed by atoms with E-state index in [1.54, 1.807) is 9.58 Å². The smallest absolute Gasteiger partial charge is 0.264 e. The summed E-state index contributed by atoms with van der Waals surface area (Å²) in [4.78, 5) is 27.6. The number of nitrogens with two attached hydrogens (primary N) is 1. The van der Waals surface area contributed by atoms with Gasteiger partial charge in [-0.15, -0.1) is 11.3 Å². The molecule has 0 saturated carbocycles. The van der Waals surface area contributed by atoms with Crippen LogP contribution in [0.15, 0.2) is 30.3 Å². The standard InChI is InChI=1S/C19H19ClN4O2S/c1-11-13-10-16(18(26)23-8-6-12(7-9-23)17(21)25)27-19(13)24(22-11)15-5-3-2-4-14(15)20/h2-5,10,12H,6-9H2,1H3,(H2,21,25). The van der Waals surface area contributed by atoms with E-state index in [1.165, 1.54) is 11.3 Å². The molecule has 2 N–H and O–H groups in total. The third-order valence-corrected chi connectivity index (χ3v) is 6.44. The number of benzene rings is 1. The molecule has 1 saturated heterocycles. The molecule has 1 aliphatic rings. The van der Waals surface area contributed by atoms with Crippen molar-refractivity contribution in [3.63, 3.8) is 0 Å². The van der Waals surface area contributed by atoms with Gasteiger partial charge in [0.1, 0.15) is 4.83 Å². The van der Waals surface area contributed by atoms with Crippen LogP contribution >= 0.6 is 22.9 Å². The number of likely N-dealkylation sites (tertiary alicyclic amines) is 1. The van der Waals surface area contributed by atoms with Gasteiger partial charge in [0, 0.05) is 24.4 Å². The average Bonchev–Trinajstić information content (AvgIpc) is 3.22. The van der Waals surface area contributed by atoms with Gasteiger partial charge in [0.05, 0.1) is 21.3 Å². The van der Waals surface area contributed by atoms with Crippen LogP contribution < -0.4 is 5.73 Å². The van der Waals surface area contributed by atoms with Crippen molar-refractivity contribution in [3.8, 4) is 5.69 Å². The van der Waals surface area contributed by atoms with Crippen LogP contribution in [-0.4, -0.2) is 39.6 Å². The van der Waals surface area contributed by atoms with E-state index in [4.69, 9.17) is 17.3 Å². The van der Waals surface area contributed by atoms with Gasteiger partial charge in [0.25, 0.3) is 5.91 Å². The van der Waals surface area contributed by atoms with E-state index >= 15 is 0 Å². The van der Waals surface area contributed by atoms with Crippen LogP contribution in [-0.2, 0) is 4.79 Å². The van der Waals surface area contributed by atoms with E-state index in [-0.39, 0.29) is 17.7 Å². The fraction of sp³-hybridized carbons (Fsp3) is 0.316. The van der Waals surface area contributed by atoms with E-state index in [0.29, 0.717) is 35.8 Å². The number of aromatic nitrogens is 2. The van der Waals surface area contributed by atoms with Crippen molar-refractivity contribution in [2.24, 2.45) is 11.7 Å². The number of hydrogen-bond donors (Lipinski definition) is 1. The maximum absolute atomic E-state index is 12.9. The van der Waals surface area contributed by atoms with Crippen LogP contribution in [0.2, 0.25) is 5.02 Å². The van der Waals surface area contributed by atoms with Gasteiger partial charge < -0.3 is 10.6 Å². The number of hydrogen-bond acceptors (Lipinski definition) is 4. The van der Waals surface area contributed by atoms with E-state index in [2.05, 4.69) is 5.10 Å². The first-order chi connectivity index (χ1) is 13.0. The molecule has 2 amide bonds. The van der Waals surface area contributed by atoms with Crippen LogP contribution in [0.5, 0.6) is 0 Å². The number of carbonyl (C=O) groups is 2. The topological polar surface area (TPSA) is 81.2 Å². The molecule has 1 fully saturated rings.